The fourth-order valence-corrected chi connectivity index (χ4v) is 7.07. The molecule has 0 spiro atoms. The van der Waals surface area contributed by atoms with E-state index in [1.807, 2.05) is 18.2 Å². The number of aromatic amines is 1. The Morgan fingerprint density at radius 2 is 1.71 bits per heavy atom. The Labute approximate surface area is 250 Å². The minimum atomic E-state index is -0.117. The molecular weight excluding hydrogens is 544 g/mol. The molecule has 3 aromatic carbocycles. The van der Waals surface area contributed by atoms with Crippen LogP contribution in [-0.2, 0) is 11.2 Å². The van der Waals surface area contributed by atoms with Crippen molar-refractivity contribution < 1.29 is 9.47 Å². The normalized spacial score (nSPS) is 17.3. The Kier molecular flexibility index (Phi) is 7.92. The van der Waals surface area contributed by atoms with E-state index in [4.69, 9.17) is 9.47 Å². The first kappa shape index (κ1) is 27.1. The van der Waals surface area contributed by atoms with Gasteiger partial charge in [0, 0.05) is 61.8 Å². The number of nitrogens with one attached hydrogen (secondary N) is 2. The van der Waals surface area contributed by atoms with E-state index in [1.165, 1.54) is 5.56 Å². The number of morpholine rings is 1. The number of para-hydroxylation sites is 1. The molecule has 2 saturated heterocycles. The van der Waals surface area contributed by atoms with E-state index in [-0.39, 0.29) is 5.56 Å². The van der Waals surface area contributed by atoms with E-state index in [0.717, 1.165) is 95.9 Å². The fourth-order valence-electron chi connectivity index (χ4n) is 6.05. The van der Waals surface area contributed by atoms with E-state index in [1.54, 1.807) is 17.8 Å². The first-order chi connectivity index (χ1) is 20.7. The standard InChI is InChI=1S/C34H36N4O3S/c39-33-23-27(38-17-19-40-20-18-38)22-29(36-33)28-7-4-8-31-34(28)41-30-10-9-26(21-32(30)42-31)35-25-12-15-37(16-13-25)14-11-24-5-2-1-3-6-24/h1-10,21-23,25,35H,11-20H2,(H,36,39). The predicted molar refractivity (Wildman–Crippen MR) is 169 cm³/mol. The van der Waals surface area contributed by atoms with Crippen molar-refractivity contribution in [1.82, 2.24) is 9.88 Å². The van der Waals surface area contributed by atoms with Gasteiger partial charge in [-0.3, -0.25) is 4.79 Å². The zero-order valence-electron chi connectivity index (χ0n) is 23.7. The van der Waals surface area contributed by atoms with Crippen molar-refractivity contribution in [2.24, 2.45) is 0 Å². The van der Waals surface area contributed by atoms with Gasteiger partial charge in [-0.2, -0.15) is 0 Å². The molecule has 42 heavy (non-hydrogen) atoms. The molecule has 0 saturated carbocycles. The van der Waals surface area contributed by atoms with Crippen molar-refractivity contribution in [3.05, 3.63) is 94.8 Å². The number of likely N-dealkylation sites (tertiary alicyclic amines) is 1. The number of piperidine rings is 1. The van der Waals surface area contributed by atoms with Crippen LogP contribution in [0.5, 0.6) is 11.5 Å². The molecule has 3 aliphatic heterocycles. The summed E-state index contributed by atoms with van der Waals surface area (Å²) in [6.07, 6.45) is 3.40. The van der Waals surface area contributed by atoms with Crippen molar-refractivity contribution in [2.75, 3.05) is 56.2 Å². The number of pyridine rings is 1. The summed E-state index contributed by atoms with van der Waals surface area (Å²) >= 11 is 1.72. The van der Waals surface area contributed by atoms with E-state index in [9.17, 15) is 4.79 Å². The largest absolute Gasteiger partial charge is 0.454 e. The van der Waals surface area contributed by atoms with E-state index in [0.29, 0.717) is 19.3 Å². The number of nitrogens with zero attached hydrogens (tertiary/aromatic N) is 2. The summed E-state index contributed by atoms with van der Waals surface area (Å²) in [7, 11) is 0. The highest BCUT2D eigenvalue weighted by molar-refractivity contribution is 7.99. The van der Waals surface area contributed by atoms with Crippen LogP contribution < -0.4 is 20.5 Å². The second-order valence-corrected chi connectivity index (χ2v) is 12.3. The number of anilines is 2. The molecule has 0 aliphatic carbocycles. The van der Waals surface area contributed by atoms with E-state index < -0.39 is 0 Å². The molecule has 0 bridgehead atoms. The Morgan fingerprint density at radius 1 is 0.881 bits per heavy atom. The Balaban J connectivity index is 1.02. The molecule has 4 heterocycles. The summed E-state index contributed by atoms with van der Waals surface area (Å²) in [6.45, 7) is 6.26. The van der Waals surface area contributed by atoms with Gasteiger partial charge in [0.2, 0.25) is 5.56 Å². The van der Waals surface area contributed by atoms with Gasteiger partial charge in [0.15, 0.2) is 5.75 Å². The summed E-state index contributed by atoms with van der Waals surface area (Å²) in [4.78, 5) is 22.6. The molecule has 0 amide bonds. The van der Waals surface area contributed by atoms with Crippen LogP contribution in [0.2, 0.25) is 0 Å². The van der Waals surface area contributed by atoms with Crippen molar-refractivity contribution in [3.8, 4) is 22.8 Å². The number of benzene rings is 3. The molecule has 0 atom stereocenters. The quantitative estimate of drug-likeness (QED) is 0.236. The molecule has 2 N–H and O–H groups in total. The van der Waals surface area contributed by atoms with Gasteiger partial charge in [-0.25, -0.2) is 0 Å². The van der Waals surface area contributed by atoms with Gasteiger partial charge < -0.3 is 29.6 Å². The van der Waals surface area contributed by atoms with Gasteiger partial charge in [0.25, 0.3) is 0 Å². The van der Waals surface area contributed by atoms with Gasteiger partial charge in [-0.05, 0) is 61.2 Å². The highest BCUT2D eigenvalue weighted by Gasteiger charge is 2.24. The van der Waals surface area contributed by atoms with Crippen molar-refractivity contribution in [3.63, 3.8) is 0 Å². The maximum atomic E-state index is 12.6. The molecular formula is C34H36N4O3S. The monoisotopic (exact) mass is 580 g/mol. The molecule has 8 heteroatoms. The first-order valence-corrected chi connectivity index (χ1v) is 15.7. The van der Waals surface area contributed by atoms with Gasteiger partial charge in [-0.15, -0.1) is 0 Å². The number of fused-ring (bicyclic) bond motifs is 2. The predicted octanol–water partition coefficient (Wildman–Crippen LogP) is 6.25. The number of ether oxygens (including phenoxy) is 2. The lowest BCUT2D eigenvalue weighted by Crippen LogP contribution is -2.40. The Morgan fingerprint density at radius 3 is 2.55 bits per heavy atom. The van der Waals surface area contributed by atoms with E-state index >= 15 is 0 Å². The Bertz CT molecular complexity index is 1590. The number of aromatic nitrogens is 1. The van der Waals surface area contributed by atoms with Crippen LogP contribution in [0, 0.1) is 0 Å². The summed E-state index contributed by atoms with van der Waals surface area (Å²) in [5.41, 5.74) is 4.99. The third kappa shape index (κ3) is 6.07. The average Bonchev–Trinajstić information content (AvgIpc) is 3.04. The lowest BCUT2D eigenvalue weighted by Gasteiger charge is -2.33. The van der Waals surface area contributed by atoms with Crippen molar-refractivity contribution in [2.45, 2.75) is 35.1 Å². The third-order valence-corrected chi connectivity index (χ3v) is 9.45. The van der Waals surface area contributed by atoms with Gasteiger partial charge >= 0.3 is 0 Å². The molecule has 1 aromatic heterocycles. The summed E-state index contributed by atoms with van der Waals surface area (Å²) in [5, 5.41) is 3.78. The van der Waals surface area contributed by atoms with Gasteiger partial charge in [0.05, 0.1) is 28.7 Å². The van der Waals surface area contributed by atoms with Crippen LogP contribution in [0.1, 0.15) is 18.4 Å². The molecule has 4 aromatic rings. The van der Waals surface area contributed by atoms with Crippen LogP contribution in [0.4, 0.5) is 11.4 Å². The highest BCUT2D eigenvalue weighted by Crippen LogP contribution is 2.51. The SMILES string of the molecule is O=c1cc(N2CCOCC2)cc(-c2cccc3c2Oc2ccc(NC4CCN(CCc5ccccc5)CC4)cc2S3)[nH]1. The molecule has 3 aliphatic rings. The lowest BCUT2D eigenvalue weighted by molar-refractivity contribution is 0.122. The van der Waals surface area contributed by atoms with Crippen LogP contribution in [0.3, 0.4) is 0 Å². The molecule has 7 nitrogen and oxygen atoms in total. The maximum Gasteiger partial charge on any atom is 0.250 e. The van der Waals surface area contributed by atoms with Gasteiger partial charge in [0.1, 0.15) is 5.75 Å². The molecule has 7 rings (SSSR count). The smallest absolute Gasteiger partial charge is 0.250 e. The average molecular weight is 581 g/mol. The number of hydrogen-bond donors (Lipinski definition) is 2. The highest BCUT2D eigenvalue weighted by atomic mass is 32.2. The minimum absolute atomic E-state index is 0.117. The van der Waals surface area contributed by atoms with Crippen LogP contribution in [-0.4, -0.2) is 61.9 Å². The number of hydrogen-bond acceptors (Lipinski definition) is 7. The minimum Gasteiger partial charge on any atom is -0.454 e. The van der Waals surface area contributed by atoms with Crippen molar-refractivity contribution >= 4 is 23.1 Å². The fraction of sp³-hybridized carbons (Fsp3) is 0.324. The molecule has 2 fully saturated rings. The molecule has 0 radical (unpaired) electrons. The molecule has 216 valence electrons. The maximum absolute atomic E-state index is 12.6. The lowest BCUT2D eigenvalue weighted by atomic mass is 10.0. The summed E-state index contributed by atoms with van der Waals surface area (Å²) < 4.78 is 12.0. The summed E-state index contributed by atoms with van der Waals surface area (Å²) in [5.74, 6) is 1.63. The van der Waals surface area contributed by atoms with Crippen LogP contribution in [0.15, 0.2) is 93.4 Å². The Hall–Kier alpha value is -3.72. The number of H-pyrrole nitrogens is 1. The summed E-state index contributed by atoms with van der Waals surface area (Å²) in [6, 6.07) is 27.5. The zero-order valence-corrected chi connectivity index (χ0v) is 24.5. The zero-order chi connectivity index (χ0) is 28.3. The van der Waals surface area contributed by atoms with Crippen LogP contribution in [0.25, 0.3) is 11.3 Å². The first-order valence-electron chi connectivity index (χ1n) is 14.9. The second kappa shape index (κ2) is 12.3. The third-order valence-electron chi connectivity index (χ3n) is 8.37. The van der Waals surface area contributed by atoms with Crippen molar-refractivity contribution in [1.29, 1.82) is 0 Å². The van der Waals surface area contributed by atoms with Gasteiger partial charge in [-0.1, -0.05) is 48.2 Å². The molecule has 0 unspecified atom stereocenters. The van der Waals surface area contributed by atoms with Crippen LogP contribution >= 0.6 is 11.8 Å². The number of rotatable bonds is 7. The van der Waals surface area contributed by atoms with E-state index in [2.05, 4.69) is 74.7 Å². The topological polar surface area (TPSA) is 69.8 Å². The second-order valence-electron chi connectivity index (χ2n) is 11.2.